The first kappa shape index (κ1) is 13.3. The number of pyridine rings is 1. The van der Waals surface area contributed by atoms with Crippen LogP contribution in [0.1, 0.15) is 30.5 Å². The minimum Gasteiger partial charge on any atom is -0.466 e. The van der Waals surface area contributed by atoms with Crippen LogP contribution in [0.15, 0.2) is 54.7 Å². The molecule has 2 aromatic rings. The highest BCUT2D eigenvalue weighted by molar-refractivity contribution is 5.71. The first-order chi connectivity index (χ1) is 9.31. The predicted octanol–water partition coefficient (Wildman–Crippen LogP) is 3.17. The molecular formula is C16H17NO2. The second kappa shape index (κ2) is 6.69. The van der Waals surface area contributed by atoms with Crippen molar-refractivity contribution in [3.05, 3.63) is 66.0 Å². The normalized spacial score (nSPS) is 11.8. The third kappa shape index (κ3) is 3.65. The van der Waals surface area contributed by atoms with Crippen molar-refractivity contribution in [2.45, 2.75) is 19.3 Å². The Morgan fingerprint density at radius 3 is 2.53 bits per heavy atom. The summed E-state index contributed by atoms with van der Waals surface area (Å²) in [6, 6.07) is 15.7. The van der Waals surface area contributed by atoms with Gasteiger partial charge in [0.25, 0.3) is 0 Å². The van der Waals surface area contributed by atoms with Crippen LogP contribution in [-0.2, 0) is 9.53 Å². The fourth-order valence-electron chi connectivity index (χ4n) is 2.05. The maximum absolute atomic E-state index is 11.8. The summed E-state index contributed by atoms with van der Waals surface area (Å²) in [5.41, 5.74) is 1.97. The summed E-state index contributed by atoms with van der Waals surface area (Å²) < 4.78 is 5.05. The number of benzene rings is 1. The number of hydrogen-bond donors (Lipinski definition) is 0. The number of rotatable bonds is 5. The molecule has 1 atom stereocenters. The number of carbonyl (C=O) groups excluding carboxylic acids is 1. The van der Waals surface area contributed by atoms with Gasteiger partial charge in [0.1, 0.15) is 0 Å². The van der Waals surface area contributed by atoms with Crippen LogP contribution in [0, 0.1) is 0 Å². The maximum atomic E-state index is 11.8. The topological polar surface area (TPSA) is 39.2 Å². The largest absolute Gasteiger partial charge is 0.466 e. The maximum Gasteiger partial charge on any atom is 0.306 e. The zero-order valence-electron chi connectivity index (χ0n) is 11.0. The Hall–Kier alpha value is -2.16. The molecular weight excluding hydrogens is 238 g/mol. The molecule has 0 unspecified atom stereocenters. The molecule has 19 heavy (non-hydrogen) atoms. The second-order valence-corrected chi connectivity index (χ2v) is 4.23. The van der Waals surface area contributed by atoms with E-state index in [1.165, 1.54) is 0 Å². The third-order valence-electron chi connectivity index (χ3n) is 2.92. The zero-order valence-corrected chi connectivity index (χ0v) is 11.0. The number of ether oxygens (including phenoxy) is 1. The molecule has 0 aliphatic carbocycles. The SMILES string of the molecule is CCOC(=O)C[C@H](c1ccccc1)c1ccccn1. The van der Waals surface area contributed by atoms with Crippen LogP contribution in [0.2, 0.25) is 0 Å². The van der Waals surface area contributed by atoms with Crippen LogP contribution in [0.5, 0.6) is 0 Å². The first-order valence-electron chi connectivity index (χ1n) is 6.42. The molecule has 0 saturated heterocycles. The summed E-state index contributed by atoms with van der Waals surface area (Å²) in [6.45, 7) is 2.22. The van der Waals surface area contributed by atoms with Crippen molar-refractivity contribution in [2.75, 3.05) is 6.61 Å². The molecule has 0 aliphatic heterocycles. The van der Waals surface area contributed by atoms with E-state index in [0.29, 0.717) is 13.0 Å². The van der Waals surface area contributed by atoms with Gasteiger partial charge in [-0.3, -0.25) is 9.78 Å². The zero-order chi connectivity index (χ0) is 13.5. The van der Waals surface area contributed by atoms with Gasteiger partial charge in [-0.2, -0.15) is 0 Å². The molecule has 1 aromatic heterocycles. The summed E-state index contributed by atoms with van der Waals surface area (Å²) >= 11 is 0. The van der Waals surface area contributed by atoms with Crippen LogP contribution in [-0.4, -0.2) is 17.6 Å². The molecule has 1 aromatic carbocycles. The minimum atomic E-state index is -0.193. The lowest BCUT2D eigenvalue weighted by molar-refractivity contribution is -0.143. The van der Waals surface area contributed by atoms with Crippen molar-refractivity contribution >= 4 is 5.97 Å². The lowest BCUT2D eigenvalue weighted by Gasteiger charge is -2.16. The monoisotopic (exact) mass is 255 g/mol. The van der Waals surface area contributed by atoms with Gasteiger partial charge in [-0.1, -0.05) is 36.4 Å². The van der Waals surface area contributed by atoms with Gasteiger partial charge in [0.05, 0.1) is 13.0 Å². The fourth-order valence-corrected chi connectivity index (χ4v) is 2.05. The van der Waals surface area contributed by atoms with Crippen molar-refractivity contribution in [1.29, 1.82) is 0 Å². The van der Waals surface area contributed by atoms with E-state index in [9.17, 15) is 4.79 Å². The molecule has 98 valence electrons. The molecule has 3 heteroatoms. The van der Waals surface area contributed by atoms with E-state index in [-0.39, 0.29) is 11.9 Å². The molecule has 0 spiro atoms. The summed E-state index contributed by atoms with van der Waals surface area (Å²) in [7, 11) is 0. The molecule has 0 bridgehead atoms. The van der Waals surface area contributed by atoms with Crippen LogP contribution in [0.25, 0.3) is 0 Å². The lowest BCUT2D eigenvalue weighted by atomic mass is 9.92. The Bertz CT molecular complexity index is 471. The molecule has 0 fully saturated rings. The van der Waals surface area contributed by atoms with E-state index >= 15 is 0 Å². The highest BCUT2D eigenvalue weighted by atomic mass is 16.5. The first-order valence-corrected chi connectivity index (χ1v) is 6.42. The van der Waals surface area contributed by atoms with Crippen LogP contribution >= 0.6 is 0 Å². The van der Waals surface area contributed by atoms with E-state index in [1.54, 1.807) is 6.20 Å². The highest BCUT2D eigenvalue weighted by Gasteiger charge is 2.19. The predicted molar refractivity (Wildman–Crippen MR) is 73.8 cm³/mol. The van der Waals surface area contributed by atoms with Gasteiger partial charge >= 0.3 is 5.97 Å². The van der Waals surface area contributed by atoms with Crippen LogP contribution in [0.4, 0.5) is 0 Å². The molecule has 0 saturated carbocycles. The molecule has 2 rings (SSSR count). The number of carbonyl (C=O) groups is 1. The molecule has 0 radical (unpaired) electrons. The van der Waals surface area contributed by atoms with E-state index < -0.39 is 0 Å². The van der Waals surface area contributed by atoms with E-state index in [2.05, 4.69) is 4.98 Å². The summed E-state index contributed by atoms with van der Waals surface area (Å²) in [5, 5.41) is 0. The summed E-state index contributed by atoms with van der Waals surface area (Å²) in [5.74, 6) is -0.247. The number of hydrogen-bond acceptors (Lipinski definition) is 3. The Morgan fingerprint density at radius 1 is 1.16 bits per heavy atom. The van der Waals surface area contributed by atoms with Gasteiger partial charge in [-0.25, -0.2) is 0 Å². The van der Waals surface area contributed by atoms with Crippen molar-refractivity contribution in [3.63, 3.8) is 0 Å². The van der Waals surface area contributed by atoms with Crippen molar-refractivity contribution in [2.24, 2.45) is 0 Å². The molecule has 0 amide bonds. The van der Waals surface area contributed by atoms with Gasteiger partial charge in [0.15, 0.2) is 0 Å². The fraction of sp³-hybridized carbons (Fsp3) is 0.250. The van der Waals surface area contributed by atoms with Gasteiger partial charge in [-0.05, 0) is 24.6 Å². The molecule has 1 heterocycles. The van der Waals surface area contributed by atoms with Gasteiger partial charge in [0, 0.05) is 17.8 Å². The Kier molecular flexibility index (Phi) is 4.67. The van der Waals surface area contributed by atoms with Gasteiger partial charge in [-0.15, -0.1) is 0 Å². The van der Waals surface area contributed by atoms with E-state index in [4.69, 9.17) is 4.74 Å². The number of esters is 1. The Morgan fingerprint density at radius 2 is 1.89 bits per heavy atom. The standard InChI is InChI=1S/C16H17NO2/c1-2-19-16(18)12-14(13-8-4-3-5-9-13)15-10-6-7-11-17-15/h3-11,14H,2,12H2,1H3/t14-/m1/s1. The summed E-state index contributed by atoms with van der Waals surface area (Å²) in [4.78, 5) is 16.1. The van der Waals surface area contributed by atoms with Crippen molar-refractivity contribution in [3.8, 4) is 0 Å². The minimum absolute atomic E-state index is 0.0542. The average molecular weight is 255 g/mol. The van der Waals surface area contributed by atoms with E-state index in [0.717, 1.165) is 11.3 Å². The van der Waals surface area contributed by atoms with E-state index in [1.807, 2.05) is 55.5 Å². The summed E-state index contributed by atoms with van der Waals surface area (Å²) in [6.07, 6.45) is 2.06. The number of aromatic nitrogens is 1. The third-order valence-corrected chi connectivity index (χ3v) is 2.92. The van der Waals surface area contributed by atoms with Crippen molar-refractivity contribution < 1.29 is 9.53 Å². The number of nitrogens with zero attached hydrogens (tertiary/aromatic N) is 1. The second-order valence-electron chi connectivity index (χ2n) is 4.23. The quantitative estimate of drug-likeness (QED) is 0.770. The van der Waals surface area contributed by atoms with Gasteiger partial charge in [0.2, 0.25) is 0 Å². The molecule has 0 N–H and O–H groups in total. The average Bonchev–Trinajstić information content (AvgIpc) is 2.47. The molecule has 0 aliphatic rings. The van der Waals surface area contributed by atoms with Crippen molar-refractivity contribution in [1.82, 2.24) is 4.98 Å². The van der Waals surface area contributed by atoms with Crippen LogP contribution < -0.4 is 0 Å². The molecule has 3 nitrogen and oxygen atoms in total. The smallest absolute Gasteiger partial charge is 0.306 e. The Balaban J connectivity index is 2.26. The van der Waals surface area contributed by atoms with Gasteiger partial charge < -0.3 is 4.74 Å². The Labute approximate surface area is 113 Å². The lowest BCUT2D eigenvalue weighted by Crippen LogP contribution is -2.12. The highest BCUT2D eigenvalue weighted by Crippen LogP contribution is 2.26. The van der Waals surface area contributed by atoms with Crippen LogP contribution in [0.3, 0.4) is 0 Å².